The van der Waals surface area contributed by atoms with Crippen molar-refractivity contribution in [2.24, 2.45) is 5.73 Å². The molecule has 2 heterocycles. The molecule has 0 aliphatic heterocycles. The van der Waals surface area contributed by atoms with Crippen LogP contribution in [0.15, 0.2) is 36.5 Å². The van der Waals surface area contributed by atoms with Gasteiger partial charge in [-0.05, 0) is 38.1 Å². The number of aromatic nitrogens is 3. The van der Waals surface area contributed by atoms with Crippen molar-refractivity contribution in [3.05, 3.63) is 48.0 Å². The molecule has 5 heteroatoms. The summed E-state index contributed by atoms with van der Waals surface area (Å²) in [6, 6.07) is 8.73. The number of fused-ring (bicyclic) bond motifs is 1. The molecule has 0 amide bonds. The van der Waals surface area contributed by atoms with Crippen molar-refractivity contribution in [2.45, 2.75) is 26.4 Å². The van der Waals surface area contributed by atoms with Crippen LogP contribution in [0.2, 0.25) is 0 Å². The van der Waals surface area contributed by atoms with E-state index in [-0.39, 0.29) is 11.9 Å². The minimum atomic E-state index is -0.278. The Bertz CT molecular complexity index is 792. The molecule has 0 spiro atoms. The average Bonchev–Trinajstić information content (AvgIpc) is 2.85. The quantitative estimate of drug-likeness (QED) is 0.803. The van der Waals surface area contributed by atoms with Gasteiger partial charge >= 0.3 is 0 Å². The van der Waals surface area contributed by atoms with Gasteiger partial charge in [0.1, 0.15) is 11.6 Å². The predicted octanol–water partition coefficient (Wildman–Crippen LogP) is 3.28. The van der Waals surface area contributed by atoms with Crippen molar-refractivity contribution in [3.63, 3.8) is 0 Å². The van der Waals surface area contributed by atoms with Gasteiger partial charge in [0.05, 0.1) is 16.7 Å². The monoisotopic (exact) mass is 284 g/mol. The van der Waals surface area contributed by atoms with Crippen molar-refractivity contribution in [2.75, 3.05) is 0 Å². The highest BCUT2D eigenvalue weighted by Crippen LogP contribution is 2.28. The molecule has 0 unspecified atom stereocenters. The Hall–Kier alpha value is -2.27. The molecule has 0 saturated heterocycles. The number of nitrogens with two attached hydrogens (primary N) is 1. The summed E-state index contributed by atoms with van der Waals surface area (Å²) in [5, 5.41) is 0. The van der Waals surface area contributed by atoms with E-state index in [1.54, 1.807) is 12.3 Å². The maximum Gasteiger partial charge on any atom is 0.141 e. The topological polar surface area (TPSA) is 56.7 Å². The van der Waals surface area contributed by atoms with E-state index in [0.717, 1.165) is 22.6 Å². The van der Waals surface area contributed by atoms with E-state index in [9.17, 15) is 4.39 Å². The molecule has 0 aliphatic rings. The van der Waals surface area contributed by atoms with Crippen molar-refractivity contribution < 1.29 is 4.39 Å². The van der Waals surface area contributed by atoms with E-state index in [4.69, 9.17) is 5.73 Å². The summed E-state index contributed by atoms with van der Waals surface area (Å²) in [5.41, 5.74) is 8.98. The van der Waals surface area contributed by atoms with Crippen LogP contribution in [0, 0.1) is 5.82 Å². The molecule has 21 heavy (non-hydrogen) atoms. The van der Waals surface area contributed by atoms with Gasteiger partial charge in [0.25, 0.3) is 0 Å². The molecule has 0 aliphatic carbocycles. The molecule has 2 aromatic heterocycles. The lowest BCUT2D eigenvalue weighted by Crippen LogP contribution is -2.04. The molecule has 2 N–H and O–H groups in total. The zero-order chi connectivity index (χ0) is 15.0. The Kier molecular flexibility index (Phi) is 3.43. The Balaban J connectivity index is 2.27. The number of pyridine rings is 1. The van der Waals surface area contributed by atoms with Crippen LogP contribution < -0.4 is 5.73 Å². The molecule has 0 fully saturated rings. The highest BCUT2D eigenvalue weighted by atomic mass is 19.1. The van der Waals surface area contributed by atoms with Gasteiger partial charge in [-0.2, -0.15) is 0 Å². The zero-order valence-electron chi connectivity index (χ0n) is 12.0. The SMILES string of the molecule is CC(C)n1c(-c2ccnc(CN)c2)nc2cc(F)ccc21. The van der Waals surface area contributed by atoms with Crippen molar-refractivity contribution in [1.82, 2.24) is 14.5 Å². The Labute approximate surface area is 122 Å². The van der Waals surface area contributed by atoms with Gasteiger partial charge in [-0.1, -0.05) is 0 Å². The summed E-state index contributed by atoms with van der Waals surface area (Å²) in [4.78, 5) is 8.80. The van der Waals surface area contributed by atoms with E-state index < -0.39 is 0 Å². The van der Waals surface area contributed by atoms with E-state index in [2.05, 4.69) is 28.4 Å². The van der Waals surface area contributed by atoms with Crippen LogP contribution in [-0.4, -0.2) is 14.5 Å². The fourth-order valence-corrected chi connectivity index (χ4v) is 2.53. The second-order valence-corrected chi connectivity index (χ2v) is 5.27. The fourth-order valence-electron chi connectivity index (χ4n) is 2.53. The van der Waals surface area contributed by atoms with Crippen LogP contribution in [0.1, 0.15) is 25.6 Å². The van der Waals surface area contributed by atoms with Gasteiger partial charge < -0.3 is 10.3 Å². The summed E-state index contributed by atoms with van der Waals surface area (Å²) in [6.07, 6.45) is 1.72. The highest BCUT2D eigenvalue weighted by molar-refractivity contribution is 5.81. The van der Waals surface area contributed by atoms with Crippen LogP contribution in [-0.2, 0) is 6.54 Å². The second kappa shape index (κ2) is 5.26. The van der Waals surface area contributed by atoms with Crippen LogP contribution in [0.5, 0.6) is 0 Å². The van der Waals surface area contributed by atoms with Gasteiger partial charge in [-0.15, -0.1) is 0 Å². The third-order valence-electron chi connectivity index (χ3n) is 3.45. The molecule has 108 valence electrons. The molecule has 3 rings (SSSR count). The van der Waals surface area contributed by atoms with Gasteiger partial charge in [0.15, 0.2) is 0 Å². The maximum absolute atomic E-state index is 13.4. The zero-order valence-corrected chi connectivity index (χ0v) is 12.0. The molecule has 4 nitrogen and oxygen atoms in total. The highest BCUT2D eigenvalue weighted by Gasteiger charge is 2.15. The number of nitrogens with zero attached hydrogens (tertiary/aromatic N) is 3. The number of hydrogen-bond acceptors (Lipinski definition) is 3. The normalized spacial score (nSPS) is 11.5. The van der Waals surface area contributed by atoms with Crippen LogP contribution >= 0.6 is 0 Å². The van der Waals surface area contributed by atoms with Crippen molar-refractivity contribution in [3.8, 4) is 11.4 Å². The molecule has 0 atom stereocenters. The summed E-state index contributed by atoms with van der Waals surface area (Å²) >= 11 is 0. The summed E-state index contributed by atoms with van der Waals surface area (Å²) in [7, 11) is 0. The average molecular weight is 284 g/mol. The van der Waals surface area contributed by atoms with Crippen LogP contribution in [0.3, 0.4) is 0 Å². The molecule has 3 aromatic rings. The molecule has 1 aromatic carbocycles. The van der Waals surface area contributed by atoms with E-state index in [1.807, 2.05) is 12.1 Å². The van der Waals surface area contributed by atoms with E-state index in [1.165, 1.54) is 12.1 Å². The predicted molar refractivity (Wildman–Crippen MR) is 81.2 cm³/mol. The molecule has 0 saturated carbocycles. The van der Waals surface area contributed by atoms with Crippen molar-refractivity contribution in [1.29, 1.82) is 0 Å². The standard InChI is InChI=1S/C16H17FN4/c1-10(2)21-15-4-3-12(17)8-14(15)20-16(21)11-5-6-19-13(7-11)9-18/h3-8,10H,9,18H2,1-2H3. The number of imidazole rings is 1. The lowest BCUT2D eigenvalue weighted by Gasteiger charge is -2.13. The first-order chi connectivity index (χ1) is 10.1. The molecular formula is C16H17FN4. The summed E-state index contributed by atoms with van der Waals surface area (Å²) in [5.74, 6) is 0.530. The van der Waals surface area contributed by atoms with E-state index in [0.29, 0.717) is 12.1 Å². The smallest absolute Gasteiger partial charge is 0.141 e. The van der Waals surface area contributed by atoms with Crippen LogP contribution in [0.4, 0.5) is 4.39 Å². The first-order valence-electron chi connectivity index (χ1n) is 6.93. The number of halogens is 1. The third kappa shape index (κ3) is 2.40. The van der Waals surface area contributed by atoms with Crippen molar-refractivity contribution >= 4 is 11.0 Å². The van der Waals surface area contributed by atoms with Gasteiger partial charge in [0.2, 0.25) is 0 Å². The Morgan fingerprint density at radius 1 is 1.24 bits per heavy atom. The summed E-state index contributed by atoms with van der Waals surface area (Å²) in [6.45, 7) is 4.54. The lowest BCUT2D eigenvalue weighted by atomic mass is 10.2. The second-order valence-electron chi connectivity index (χ2n) is 5.27. The summed E-state index contributed by atoms with van der Waals surface area (Å²) < 4.78 is 15.5. The lowest BCUT2D eigenvalue weighted by molar-refractivity contribution is 0.620. The third-order valence-corrected chi connectivity index (χ3v) is 3.45. The minimum Gasteiger partial charge on any atom is -0.325 e. The first kappa shape index (κ1) is 13.7. The first-order valence-corrected chi connectivity index (χ1v) is 6.93. The van der Waals surface area contributed by atoms with Crippen LogP contribution in [0.25, 0.3) is 22.4 Å². The maximum atomic E-state index is 13.4. The molecule has 0 radical (unpaired) electrons. The Morgan fingerprint density at radius 3 is 2.76 bits per heavy atom. The fraction of sp³-hybridized carbons (Fsp3) is 0.250. The van der Waals surface area contributed by atoms with Gasteiger partial charge in [0, 0.05) is 30.4 Å². The molecule has 0 bridgehead atoms. The van der Waals surface area contributed by atoms with Gasteiger partial charge in [-0.25, -0.2) is 9.37 Å². The number of rotatable bonds is 3. The van der Waals surface area contributed by atoms with E-state index >= 15 is 0 Å². The van der Waals surface area contributed by atoms with Gasteiger partial charge in [-0.3, -0.25) is 4.98 Å². The largest absolute Gasteiger partial charge is 0.325 e. The number of hydrogen-bond donors (Lipinski definition) is 1. The Morgan fingerprint density at radius 2 is 2.05 bits per heavy atom. The number of benzene rings is 1. The minimum absolute atomic E-state index is 0.213. The molecular weight excluding hydrogens is 267 g/mol.